The average molecular weight is 508 g/mol. The minimum atomic E-state index is -1.49. The average Bonchev–Trinajstić information content (AvgIpc) is 2.82. The first-order valence-corrected chi connectivity index (χ1v) is 12.5. The molecule has 202 valence electrons. The molecule has 0 heterocycles. The van der Waals surface area contributed by atoms with Gasteiger partial charge >= 0.3 is 23.9 Å². The van der Waals surface area contributed by atoms with Crippen molar-refractivity contribution >= 4 is 23.9 Å². The second-order valence-corrected chi connectivity index (χ2v) is 9.74. The van der Waals surface area contributed by atoms with Crippen LogP contribution < -0.4 is 15.2 Å². The van der Waals surface area contributed by atoms with E-state index in [-0.39, 0.29) is 50.2 Å². The van der Waals surface area contributed by atoms with Crippen molar-refractivity contribution in [3.63, 3.8) is 0 Å². The van der Waals surface area contributed by atoms with Crippen molar-refractivity contribution in [3.05, 3.63) is 23.8 Å². The van der Waals surface area contributed by atoms with Crippen LogP contribution in [-0.2, 0) is 35.1 Å². The number of rotatable bonds is 15. The van der Waals surface area contributed by atoms with Crippen LogP contribution in [0.4, 0.5) is 0 Å². The molecule has 0 amide bonds. The first-order valence-electron chi connectivity index (χ1n) is 12.5. The number of carbonyl (C=O) groups excluding carboxylic acids is 4. The van der Waals surface area contributed by atoms with Crippen LogP contribution in [0, 0.1) is 11.8 Å². The molecule has 0 radical (unpaired) electrons. The molecule has 0 fully saturated rings. The third-order valence-electron chi connectivity index (χ3n) is 5.52. The lowest BCUT2D eigenvalue weighted by molar-refractivity contribution is -0.151. The molecule has 9 heteroatoms. The summed E-state index contributed by atoms with van der Waals surface area (Å²) in [6.45, 7) is 9.63. The molecule has 0 saturated carbocycles. The molecule has 2 N–H and O–H groups in total. The Bertz CT molecular complexity index is 896. The molecule has 0 aliphatic heterocycles. The van der Waals surface area contributed by atoms with Gasteiger partial charge in [0, 0.05) is 32.1 Å². The van der Waals surface area contributed by atoms with Gasteiger partial charge in [0.15, 0.2) is 11.5 Å². The normalized spacial score (nSPS) is 12.7. The Morgan fingerprint density at radius 3 is 1.94 bits per heavy atom. The van der Waals surface area contributed by atoms with Crippen molar-refractivity contribution in [2.75, 3.05) is 13.7 Å². The first kappa shape index (κ1) is 31.1. The summed E-state index contributed by atoms with van der Waals surface area (Å²) >= 11 is 0. The molecule has 1 aromatic rings. The quantitative estimate of drug-likeness (QED) is 0.275. The molecule has 0 unspecified atom stereocenters. The molecule has 0 spiro atoms. The topological polar surface area (TPSA) is 131 Å². The number of hydrogen-bond donors (Lipinski definition) is 1. The molecular weight excluding hydrogens is 466 g/mol. The van der Waals surface area contributed by atoms with Crippen molar-refractivity contribution in [3.8, 4) is 11.5 Å². The van der Waals surface area contributed by atoms with Crippen molar-refractivity contribution in [1.82, 2.24) is 0 Å². The largest absolute Gasteiger partial charge is 0.468 e. The molecule has 1 rings (SSSR count). The summed E-state index contributed by atoms with van der Waals surface area (Å²) in [5.74, 6) is -1.13. The smallest absolute Gasteiger partial charge is 0.326 e. The minimum Gasteiger partial charge on any atom is -0.468 e. The number of nitrogens with two attached hydrogens (primary N) is 1. The Morgan fingerprint density at radius 2 is 1.44 bits per heavy atom. The summed E-state index contributed by atoms with van der Waals surface area (Å²) in [4.78, 5) is 48.7. The van der Waals surface area contributed by atoms with Gasteiger partial charge in [-0.2, -0.15) is 0 Å². The number of carbonyl (C=O) groups is 4. The maximum atomic E-state index is 12.5. The second-order valence-electron chi connectivity index (χ2n) is 9.74. The van der Waals surface area contributed by atoms with Crippen LogP contribution in [0.25, 0.3) is 0 Å². The van der Waals surface area contributed by atoms with Crippen molar-refractivity contribution in [1.29, 1.82) is 0 Å². The van der Waals surface area contributed by atoms with Crippen LogP contribution in [0.5, 0.6) is 11.5 Å². The van der Waals surface area contributed by atoms with E-state index in [0.717, 1.165) is 0 Å². The summed E-state index contributed by atoms with van der Waals surface area (Å²) in [7, 11) is 1.23. The maximum absolute atomic E-state index is 12.5. The van der Waals surface area contributed by atoms with E-state index in [2.05, 4.69) is 0 Å². The van der Waals surface area contributed by atoms with Crippen LogP contribution in [0.1, 0.15) is 78.7 Å². The van der Waals surface area contributed by atoms with Crippen LogP contribution in [0.15, 0.2) is 18.2 Å². The molecule has 0 aromatic heterocycles. The number of esters is 4. The highest BCUT2D eigenvalue weighted by atomic mass is 16.6. The standard InChI is InChI=1S/C27H41NO8/c1-7-23(29)34-15-14-27(28,26(32)33-6)17-20-10-11-21(35-24(30)12-8-18(2)3)22(16-20)36-25(31)13-9-19(4)5/h10-11,16,18-19H,7-9,12-15,17,28H2,1-6H3/t27-/m1/s1. The molecule has 1 aromatic carbocycles. The first-order chi connectivity index (χ1) is 16.9. The van der Waals surface area contributed by atoms with Crippen LogP contribution >= 0.6 is 0 Å². The number of methoxy groups -OCH3 is 1. The Balaban J connectivity index is 3.17. The van der Waals surface area contributed by atoms with Gasteiger partial charge < -0.3 is 24.7 Å². The fourth-order valence-electron chi connectivity index (χ4n) is 3.27. The van der Waals surface area contributed by atoms with E-state index >= 15 is 0 Å². The number of benzene rings is 1. The maximum Gasteiger partial charge on any atom is 0.326 e. The van der Waals surface area contributed by atoms with Gasteiger partial charge in [-0.1, -0.05) is 40.7 Å². The van der Waals surface area contributed by atoms with Gasteiger partial charge in [-0.05, 0) is 42.4 Å². The lowest BCUT2D eigenvalue weighted by Crippen LogP contribution is -2.51. The zero-order valence-electron chi connectivity index (χ0n) is 22.4. The molecule has 0 saturated heterocycles. The SMILES string of the molecule is CCC(=O)OCC[C@@](N)(Cc1ccc(OC(=O)CCC(C)C)c(OC(=O)CCC(C)C)c1)C(=O)OC. The van der Waals surface area contributed by atoms with E-state index in [0.29, 0.717) is 30.2 Å². The Morgan fingerprint density at radius 1 is 0.889 bits per heavy atom. The molecule has 1 atom stereocenters. The summed E-state index contributed by atoms with van der Waals surface area (Å²) in [5, 5.41) is 0. The second kappa shape index (κ2) is 15.2. The van der Waals surface area contributed by atoms with Crippen molar-refractivity contribution < 1.29 is 38.1 Å². The lowest BCUT2D eigenvalue weighted by Gasteiger charge is -2.26. The summed E-state index contributed by atoms with van der Waals surface area (Å²) in [6.07, 6.45) is 1.99. The van der Waals surface area contributed by atoms with Gasteiger partial charge in [0.1, 0.15) is 5.54 Å². The van der Waals surface area contributed by atoms with Crippen molar-refractivity contribution in [2.45, 2.75) is 85.1 Å². The fraction of sp³-hybridized carbons (Fsp3) is 0.630. The predicted molar refractivity (Wildman–Crippen MR) is 134 cm³/mol. The molecule has 36 heavy (non-hydrogen) atoms. The third-order valence-corrected chi connectivity index (χ3v) is 5.52. The van der Waals surface area contributed by atoms with Gasteiger partial charge in [-0.3, -0.25) is 19.2 Å². The van der Waals surface area contributed by atoms with E-state index in [1.165, 1.54) is 19.2 Å². The Kier molecular flexibility index (Phi) is 13.2. The molecule has 9 nitrogen and oxygen atoms in total. The van der Waals surface area contributed by atoms with Gasteiger partial charge in [0.25, 0.3) is 0 Å². The van der Waals surface area contributed by atoms with E-state index < -0.39 is 29.4 Å². The minimum absolute atomic E-state index is 0.0153. The highest BCUT2D eigenvalue weighted by Gasteiger charge is 2.36. The number of hydrogen-bond acceptors (Lipinski definition) is 9. The van der Waals surface area contributed by atoms with E-state index in [1.807, 2.05) is 27.7 Å². The zero-order valence-corrected chi connectivity index (χ0v) is 22.4. The molecular formula is C27H41NO8. The zero-order chi connectivity index (χ0) is 27.3. The summed E-state index contributed by atoms with van der Waals surface area (Å²) < 4.78 is 21.0. The summed E-state index contributed by atoms with van der Waals surface area (Å²) in [6, 6.07) is 4.68. The van der Waals surface area contributed by atoms with Crippen LogP contribution in [0.2, 0.25) is 0 Å². The Hall–Kier alpha value is -2.94. The van der Waals surface area contributed by atoms with Gasteiger partial charge in [-0.25, -0.2) is 0 Å². The predicted octanol–water partition coefficient (Wildman–Crippen LogP) is 4.13. The van der Waals surface area contributed by atoms with Gasteiger partial charge in [-0.15, -0.1) is 0 Å². The molecule has 0 bridgehead atoms. The molecule has 0 aliphatic carbocycles. The van der Waals surface area contributed by atoms with E-state index in [9.17, 15) is 19.2 Å². The fourth-order valence-corrected chi connectivity index (χ4v) is 3.27. The number of ether oxygens (including phenoxy) is 4. The highest BCUT2D eigenvalue weighted by molar-refractivity contribution is 5.81. The van der Waals surface area contributed by atoms with E-state index in [1.54, 1.807) is 13.0 Å². The van der Waals surface area contributed by atoms with Crippen molar-refractivity contribution in [2.24, 2.45) is 17.6 Å². The molecule has 0 aliphatic rings. The van der Waals surface area contributed by atoms with Crippen LogP contribution in [-0.4, -0.2) is 43.1 Å². The Labute approximate surface area is 214 Å². The van der Waals surface area contributed by atoms with Gasteiger partial charge in [0.2, 0.25) is 0 Å². The monoisotopic (exact) mass is 507 g/mol. The summed E-state index contributed by atoms with van der Waals surface area (Å²) in [5.41, 5.74) is 5.44. The van der Waals surface area contributed by atoms with E-state index in [4.69, 9.17) is 24.7 Å². The highest BCUT2D eigenvalue weighted by Crippen LogP contribution is 2.31. The third kappa shape index (κ3) is 11.2. The lowest BCUT2D eigenvalue weighted by atomic mass is 9.88. The van der Waals surface area contributed by atoms with Gasteiger partial charge in [0.05, 0.1) is 13.7 Å². The van der Waals surface area contributed by atoms with Crippen LogP contribution in [0.3, 0.4) is 0 Å².